The van der Waals surface area contributed by atoms with E-state index in [-0.39, 0.29) is 34.5 Å². The van der Waals surface area contributed by atoms with Gasteiger partial charge >= 0.3 is 29.6 Å². The number of rotatable bonds is 3. The second kappa shape index (κ2) is 6.98. The van der Waals surface area contributed by atoms with Gasteiger partial charge in [0, 0.05) is 5.56 Å². The fourth-order valence-electron chi connectivity index (χ4n) is 2.29. The van der Waals surface area contributed by atoms with Crippen molar-refractivity contribution in [1.82, 2.24) is 5.16 Å². The Morgan fingerprint density at radius 1 is 0.957 bits per heavy atom. The third kappa shape index (κ3) is 3.73. The first-order chi connectivity index (χ1) is 10.5. The van der Waals surface area contributed by atoms with Crippen LogP contribution in [0.25, 0.3) is 22.4 Å². The molecule has 5 nitrogen and oxygen atoms in total. The summed E-state index contributed by atoms with van der Waals surface area (Å²) in [5.41, 5.74) is 3.09. The Balaban J connectivity index is 0.00000192. The molecule has 7 heteroatoms. The van der Waals surface area contributed by atoms with Crippen LogP contribution in [0.15, 0.2) is 64.0 Å². The normalized spacial score (nSPS) is 11.0. The van der Waals surface area contributed by atoms with Gasteiger partial charge in [0.05, 0.1) is 10.5 Å². The van der Waals surface area contributed by atoms with Crippen molar-refractivity contribution in [1.29, 1.82) is 0 Å². The van der Waals surface area contributed by atoms with E-state index in [1.807, 2.05) is 30.3 Å². The molecule has 112 valence electrons. The maximum Gasteiger partial charge on any atom is 1.00 e. The van der Waals surface area contributed by atoms with Crippen molar-refractivity contribution in [3.63, 3.8) is 0 Å². The average molecular weight is 337 g/mol. The molecule has 0 fully saturated rings. The summed E-state index contributed by atoms with van der Waals surface area (Å²) < 4.78 is 38.3. The second-order valence-electron chi connectivity index (χ2n) is 4.81. The molecule has 2 aromatic carbocycles. The molecule has 0 saturated heterocycles. The zero-order valence-electron chi connectivity index (χ0n) is 12.7. The average Bonchev–Trinajstić information content (AvgIpc) is 2.89. The molecule has 0 aliphatic rings. The van der Waals surface area contributed by atoms with Gasteiger partial charge in [0.2, 0.25) is 0 Å². The van der Waals surface area contributed by atoms with Crippen LogP contribution in [0.1, 0.15) is 5.76 Å². The van der Waals surface area contributed by atoms with E-state index in [1.165, 1.54) is 12.1 Å². The molecule has 0 saturated carbocycles. The molecule has 23 heavy (non-hydrogen) atoms. The summed E-state index contributed by atoms with van der Waals surface area (Å²) in [6.45, 7) is 1.78. The molecule has 0 aliphatic heterocycles. The number of aryl methyl sites for hydroxylation is 1. The van der Waals surface area contributed by atoms with Crippen LogP contribution >= 0.6 is 0 Å². The molecule has 0 bridgehead atoms. The molecule has 1 aromatic heterocycles. The Labute approximate surface area is 156 Å². The van der Waals surface area contributed by atoms with Crippen LogP contribution in [0, 0.1) is 6.92 Å². The Morgan fingerprint density at radius 3 is 2.13 bits per heavy atom. The Hall–Kier alpha value is -1.44. The van der Waals surface area contributed by atoms with E-state index < -0.39 is 10.1 Å². The largest absolute Gasteiger partial charge is 1.00 e. The predicted octanol–water partition coefficient (Wildman–Crippen LogP) is 0.225. The van der Waals surface area contributed by atoms with E-state index in [0.717, 1.165) is 16.7 Å². The third-order valence-corrected chi connectivity index (χ3v) is 4.19. The first kappa shape index (κ1) is 17.9. The summed E-state index contributed by atoms with van der Waals surface area (Å²) in [7, 11) is -4.45. The molecular formula is C16H12NNaO4S. The van der Waals surface area contributed by atoms with Gasteiger partial charge in [-0.1, -0.05) is 47.6 Å². The van der Waals surface area contributed by atoms with Crippen molar-refractivity contribution in [3.05, 3.63) is 60.4 Å². The zero-order chi connectivity index (χ0) is 15.7. The Bertz CT molecular complexity index is 903. The molecule has 0 radical (unpaired) electrons. The van der Waals surface area contributed by atoms with Crippen molar-refractivity contribution < 1.29 is 47.1 Å². The molecule has 3 aromatic rings. The molecule has 0 spiro atoms. The van der Waals surface area contributed by atoms with Crippen molar-refractivity contribution >= 4 is 10.1 Å². The van der Waals surface area contributed by atoms with Crippen molar-refractivity contribution in [2.45, 2.75) is 11.8 Å². The molecule has 0 N–H and O–H groups in total. The molecule has 0 atom stereocenters. The standard InChI is InChI=1S/C16H13NO4S.Na/c1-11-15(12-7-9-14(10-8-12)22(18,19)20)16(17-21-11)13-5-3-2-4-6-13;/h2-10H,1H3,(H,18,19,20);/q;+1/p-1. The minimum atomic E-state index is -4.45. The third-order valence-electron chi connectivity index (χ3n) is 3.34. The topological polar surface area (TPSA) is 83.2 Å². The van der Waals surface area contributed by atoms with Crippen LogP contribution in [0.5, 0.6) is 0 Å². The fraction of sp³-hybridized carbons (Fsp3) is 0.0625. The van der Waals surface area contributed by atoms with Gasteiger partial charge < -0.3 is 9.08 Å². The van der Waals surface area contributed by atoms with Crippen molar-refractivity contribution in [2.75, 3.05) is 0 Å². The van der Waals surface area contributed by atoms with Crippen molar-refractivity contribution in [3.8, 4) is 22.4 Å². The van der Waals surface area contributed by atoms with Crippen molar-refractivity contribution in [2.24, 2.45) is 0 Å². The number of nitrogens with zero attached hydrogens (tertiary/aromatic N) is 1. The zero-order valence-corrected chi connectivity index (χ0v) is 15.5. The maximum absolute atomic E-state index is 11.0. The first-order valence-electron chi connectivity index (χ1n) is 6.55. The summed E-state index contributed by atoms with van der Waals surface area (Å²) in [4.78, 5) is -0.258. The van der Waals surface area contributed by atoms with Crippen LogP contribution in [0.3, 0.4) is 0 Å². The SMILES string of the molecule is Cc1onc(-c2ccccc2)c1-c1ccc(S(=O)(=O)[O-])cc1.[Na+]. The van der Waals surface area contributed by atoms with Gasteiger partial charge in [-0.05, 0) is 24.6 Å². The quantitative estimate of drug-likeness (QED) is 0.504. The summed E-state index contributed by atoms with van der Waals surface area (Å²) in [6.07, 6.45) is 0. The summed E-state index contributed by atoms with van der Waals surface area (Å²) in [5, 5.41) is 4.08. The van der Waals surface area contributed by atoms with Crippen LogP contribution in [-0.4, -0.2) is 18.1 Å². The van der Waals surface area contributed by atoms with Gasteiger partial charge in [-0.15, -0.1) is 0 Å². The Morgan fingerprint density at radius 2 is 1.57 bits per heavy atom. The minimum Gasteiger partial charge on any atom is -0.744 e. The van der Waals surface area contributed by atoms with E-state index in [1.54, 1.807) is 19.1 Å². The van der Waals surface area contributed by atoms with Gasteiger partial charge in [-0.25, -0.2) is 8.42 Å². The summed E-state index contributed by atoms with van der Waals surface area (Å²) in [6, 6.07) is 15.3. The van der Waals surface area contributed by atoms with Gasteiger partial charge in [-0.2, -0.15) is 0 Å². The molecule has 0 aliphatic carbocycles. The Kier molecular flexibility index (Phi) is 5.44. The molecule has 3 rings (SSSR count). The van der Waals surface area contributed by atoms with Crippen LogP contribution in [0.4, 0.5) is 0 Å². The predicted molar refractivity (Wildman–Crippen MR) is 80.1 cm³/mol. The number of hydrogen-bond donors (Lipinski definition) is 0. The fourth-order valence-corrected chi connectivity index (χ4v) is 2.76. The number of aromatic nitrogens is 1. The number of benzene rings is 2. The summed E-state index contributed by atoms with van der Waals surface area (Å²) in [5.74, 6) is 0.622. The second-order valence-corrected chi connectivity index (χ2v) is 6.19. The van der Waals surface area contributed by atoms with Gasteiger partial charge in [0.15, 0.2) is 0 Å². The molecular weight excluding hydrogens is 325 g/mol. The number of hydrogen-bond acceptors (Lipinski definition) is 5. The van der Waals surface area contributed by atoms with Gasteiger partial charge in [0.25, 0.3) is 0 Å². The maximum atomic E-state index is 11.0. The minimum absolute atomic E-state index is 0. The molecule has 1 heterocycles. The van der Waals surface area contributed by atoms with E-state index in [9.17, 15) is 13.0 Å². The molecule has 0 amide bonds. The van der Waals surface area contributed by atoms with E-state index in [0.29, 0.717) is 11.5 Å². The van der Waals surface area contributed by atoms with Crippen LogP contribution in [-0.2, 0) is 10.1 Å². The van der Waals surface area contributed by atoms with E-state index >= 15 is 0 Å². The van der Waals surface area contributed by atoms with Gasteiger partial charge in [0.1, 0.15) is 21.6 Å². The van der Waals surface area contributed by atoms with Crippen LogP contribution in [0.2, 0.25) is 0 Å². The van der Waals surface area contributed by atoms with E-state index in [4.69, 9.17) is 4.52 Å². The smallest absolute Gasteiger partial charge is 0.744 e. The monoisotopic (exact) mass is 337 g/mol. The van der Waals surface area contributed by atoms with E-state index in [2.05, 4.69) is 5.16 Å². The van der Waals surface area contributed by atoms with Crippen LogP contribution < -0.4 is 29.6 Å². The first-order valence-corrected chi connectivity index (χ1v) is 7.95. The molecule has 0 unspecified atom stereocenters. The van der Waals surface area contributed by atoms with Gasteiger partial charge in [-0.3, -0.25) is 0 Å². The summed E-state index contributed by atoms with van der Waals surface area (Å²) >= 11 is 0.